The predicted molar refractivity (Wildman–Crippen MR) is 128 cm³/mol. The zero-order valence-electron chi connectivity index (χ0n) is 18.6. The number of piperazine rings is 1. The van der Waals surface area contributed by atoms with Crippen molar-refractivity contribution >= 4 is 35.2 Å². The van der Waals surface area contributed by atoms with E-state index in [1.165, 1.54) is 4.90 Å². The smallest absolute Gasteiger partial charge is 0.254 e. The van der Waals surface area contributed by atoms with Gasteiger partial charge in [0.15, 0.2) is 12.2 Å². The van der Waals surface area contributed by atoms with Crippen molar-refractivity contribution in [2.45, 2.75) is 31.5 Å². The van der Waals surface area contributed by atoms with Crippen molar-refractivity contribution in [3.05, 3.63) is 41.3 Å². The molecule has 0 aliphatic carbocycles. The second-order valence-corrected chi connectivity index (χ2v) is 9.03. The minimum atomic E-state index is -1.82. The number of rotatable bonds is 10. The van der Waals surface area contributed by atoms with E-state index < -0.39 is 24.0 Å². The molecule has 10 heteroatoms. The molecule has 0 saturated carbocycles. The van der Waals surface area contributed by atoms with E-state index in [4.69, 9.17) is 0 Å². The molecule has 0 radical (unpaired) electrons. The molecule has 1 saturated heterocycles. The van der Waals surface area contributed by atoms with Gasteiger partial charge in [0.2, 0.25) is 5.91 Å². The molecule has 1 fully saturated rings. The van der Waals surface area contributed by atoms with Crippen LogP contribution in [0, 0.1) is 0 Å². The normalized spacial score (nSPS) is 17.8. The standard InChI is InChI=1S/C23H32N4O5S/c28-19(22(31)25-10-5-4-9-24-21(30)17-8-15-33-16-17)20(29)23(32)27-13-11-26(12-14-27)18-6-2-1-3-7-18/h1-3,6-7,16,19-20,28-29H,4-5,8-15H2,(H,24,30)(H,25,31)/t19-,20-/m1/s1. The van der Waals surface area contributed by atoms with Crippen molar-refractivity contribution in [1.82, 2.24) is 15.5 Å². The molecule has 2 aliphatic rings. The Morgan fingerprint density at radius 1 is 0.939 bits per heavy atom. The molecular weight excluding hydrogens is 444 g/mol. The number of carbonyl (C=O) groups is 3. The number of nitrogens with zero attached hydrogens (tertiary/aromatic N) is 2. The monoisotopic (exact) mass is 476 g/mol. The van der Waals surface area contributed by atoms with E-state index in [-0.39, 0.29) is 12.5 Å². The first-order chi connectivity index (χ1) is 16.0. The molecular formula is C23H32N4O5S. The molecule has 3 rings (SSSR count). The van der Waals surface area contributed by atoms with Crippen LogP contribution in [0.15, 0.2) is 41.3 Å². The molecule has 33 heavy (non-hydrogen) atoms. The number of nitrogens with one attached hydrogen (secondary N) is 2. The highest BCUT2D eigenvalue weighted by Gasteiger charge is 2.34. The van der Waals surface area contributed by atoms with Gasteiger partial charge in [-0.05, 0) is 36.8 Å². The van der Waals surface area contributed by atoms with Crippen LogP contribution in [0.3, 0.4) is 0 Å². The van der Waals surface area contributed by atoms with Gasteiger partial charge in [-0.1, -0.05) is 18.2 Å². The maximum Gasteiger partial charge on any atom is 0.254 e. The summed E-state index contributed by atoms with van der Waals surface area (Å²) in [7, 11) is 0. The lowest BCUT2D eigenvalue weighted by atomic mass is 10.1. The largest absolute Gasteiger partial charge is 0.380 e. The van der Waals surface area contributed by atoms with Crippen LogP contribution in [-0.2, 0) is 14.4 Å². The average molecular weight is 477 g/mol. The minimum absolute atomic E-state index is 0.0503. The number of unbranched alkanes of at least 4 members (excludes halogenated alkanes) is 1. The third-order valence-corrected chi connectivity index (χ3v) is 6.62. The Bertz CT molecular complexity index is 843. The molecule has 0 spiro atoms. The van der Waals surface area contributed by atoms with Crippen molar-refractivity contribution in [2.24, 2.45) is 0 Å². The highest BCUT2D eigenvalue weighted by molar-refractivity contribution is 8.02. The highest BCUT2D eigenvalue weighted by Crippen LogP contribution is 2.21. The van der Waals surface area contributed by atoms with E-state index in [9.17, 15) is 24.6 Å². The summed E-state index contributed by atoms with van der Waals surface area (Å²) in [5, 5.41) is 27.6. The lowest BCUT2D eigenvalue weighted by Gasteiger charge is -2.37. The van der Waals surface area contributed by atoms with Crippen molar-refractivity contribution in [3.8, 4) is 0 Å². The van der Waals surface area contributed by atoms with Crippen molar-refractivity contribution < 1.29 is 24.6 Å². The molecule has 1 aromatic carbocycles. The topological polar surface area (TPSA) is 122 Å². The number of hydrogen-bond donors (Lipinski definition) is 4. The Morgan fingerprint density at radius 2 is 1.61 bits per heavy atom. The van der Waals surface area contributed by atoms with Crippen LogP contribution < -0.4 is 15.5 Å². The van der Waals surface area contributed by atoms with Gasteiger partial charge >= 0.3 is 0 Å². The van der Waals surface area contributed by atoms with E-state index in [0.717, 1.165) is 23.4 Å². The fourth-order valence-electron chi connectivity index (χ4n) is 3.73. The number of aliphatic hydroxyl groups excluding tert-OH is 2. The Labute approximate surface area is 198 Å². The third kappa shape index (κ3) is 7.21. The second kappa shape index (κ2) is 12.6. The van der Waals surface area contributed by atoms with Crippen LogP contribution in [0.1, 0.15) is 19.3 Å². The number of anilines is 1. The minimum Gasteiger partial charge on any atom is -0.380 e. The molecule has 3 amide bonds. The van der Waals surface area contributed by atoms with Gasteiger partial charge in [-0.3, -0.25) is 14.4 Å². The highest BCUT2D eigenvalue weighted by atomic mass is 32.2. The lowest BCUT2D eigenvalue weighted by molar-refractivity contribution is -0.153. The first-order valence-corrected chi connectivity index (χ1v) is 12.3. The average Bonchev–Trinajstić information content (AvgIpc) is 3.40. The van der Waals surface area contributed by atoms with Gasteiger partial charge in [-0.15, -0.1) is 11.8 Å². The molecule has 4 N–H and O–H groups in total. The van der Waals surface area contributed by atoms with Gasteiger partial charge in [0, 0.05) is 56.3 Å². The van der Waals surface area contributed by atoms with Gasteiger partial charge in [-0.2, -0.15) is 0 Å². The number of para-hydroxylation sites is 1. The van der Waals surface area contributed by atoms with Crippen LogP contribution >= 0.6 is 11.8 Å². The number of amides is 3. The molecule has 0 unspecified atom stereocenters. The second-order valence-electron chi connectivity index (χ2n) is 8.06. The van der Waals surface area contributed by atoms with E-state index >= 15 is 0 Å². The van der Waals surface area contributed by atoms with Crippen LogP contribution in [0.2, 0.25) is 0 Å². The third-order valence-electron chi connectivity index (χ3n) is 5.73. The summed E-state index contributed by atoms with van der Waals surface area (Å²) in [6.45, 7) is 2.80. The number of hydrogen-bond acceptors (Lipinski definition) is 7. The maximum atomic E-state index is 12.5. The molecule has 0 bridgehead atoms. The van der Waals surface area contributed by atoms with Crippen molar-refractivity contribution in [1.29, 1.82) is 0 Å². The molecule has 9 nitrogen and oxygen atoms in total. The van der Waals surface area contributed by atoms with Gasteiger partial charge < -0.3 is 30.6 Å². The molecule has 2 heterocycles. The summed E-state index contributed by atoms with van der Waals surface area (Å²) in [5.74, 6) is -0.538. The Morgan fingerprint density at radius 3 is 2.24 bits per heavy atom. The quantitative estimate of drug-likeness (QED) is 0.353. The SMILES string of the molecule is O=C(NCCCCNC(=O)[C@H](O)[C@@H](O)C(=O)N1CCN(c2ccccc2)CC1)C1=CSCC1. The van der Waals surface area contributed by atoms with Gasteiger partial charge in [0.25, 0.3) is 11.8 Å². The zero-order chi connectivity index (χ0) is 23.6. The van der Waals surface area contributed by atoms with E-state index in [2.05, 4.69) is 15.5 Å². The van der Waals surface area contributed by atoms with E-state index in [1.807, 2.05) is 35.7 Å². The number of thioether (sulfide) groups is 1. The zero-order valence-corrected chi connectivity index (χ0v) is 19.4. The summed E-state index contributed by atoms with van der Waals surface area (Å²) in [6.07, 6.45) is -1.58. The first-order valence-electron chi connectivity index (χ1n) is 11.3. The van der Waals surface area contributed by atoms with Crippen molar-refractivity contribution in [2.75, 3.05) is 49.9 Å². The summed E-state index contributed by atoms with van der Waals surface area (Å²) in [6, 6.07) is 9.85. The maximum absolute atomic E-state index is 12.5. The fourth-order valence-corrected chi connectivity index (χ4v) is 4.61. The van der Waals surface area contributed by atoms with Gasteiger partial charge in [-0.25, -0.2) is 0 Å². The van der Waals surface area contributed by atoms with Gasteiger partial charge in [0.1, 0.15) is 0 Å². The molecule has 0 aromatic heterocycles. The molecule has 2 atom stereocenters. The number of benzene rings is 1. The van der Waals surface area contributed by atoms with Crippen LogP contribution in [0.5, 0.6) is 0 Å². The van der Waals surface area contributed by atoms with Crippen molar-refractivity contribution in [3.63, 3.8) is 0 Å². The predicted octanol–water partition coefficient (Wildman–Crippen LogP) is 0.0904. The fraction of sp³-hybridized carbons (Fsp3) is 0.522. The number of carbonyl (C=O) groups excluding carboxylic acids is 3. The van der Waals surface area contributed by atoms with Crippen LogP contribution in [0.4, 0.5) is 5.69 Å². The van der Waals surface area contributed by atoms with Gasteiger partial charge in [0.05, 0.1) is 0 Å². The summed E-state index contributed by atoms with van der Waals surface area (Å²) in [5.41, 5.74) is 1.87. The summed E-state index contributed by atoms with van der Waals surface area (Å²) < 4.78 is 0. The number of aliphatic hydroxyl groups is 2. The Hall–Kier alpha value is -2.56. The lowest BCUT2D eigenvalue weighted by Crippen LogP contribution is -2.55. The summed E-state index contributed by atoms with van der Waals surface area (Å²) >= 11 is 1.63. The first kappa shape index (κ1) is 25.1. The molecule has 180 valence electrons. The Balaban J connectivity index is 1.31. The van der Waals surface area contributed by atoms with E-state index in [1.54, 1.807) is 11.8 Å². The van der Waals surface area contributed by atoms with Crippen LogP contribution in [-0.4, -0.2) is 90.1 Å². The Kier molecular flexibility index (Phi) is 9.59. The summed E-state index contributed by atoms with van der Waals surface area (Å²) in [4.78, 5) is 40.2. The van der Waals surface area contributed by atoms with E-state index in [0.29, 0.717) is 45.6 Å². The molecule has 2 aliphatic heterocycles. The molecule has 1 aromatic rings. The van der Waals surface area contributed by atoms with Crippen LogP contribution in [0.25, 0.3) is 0 Å².